The summed E-state index contributed by atoms with van der Waals surface area (Å²) in [7, 11) is 1.74. The van der Waals surface area contributed by atoms with Crippen LogP contribution in [0, 0.1) is 10.1 Å². The smallest absolute Gasteiger partial charge is 0.258 e. The van der Waals surface area contributed by atoms with Crippen molar-refractivity contribution in [3.05, 3.63) is 34.6 Å². The van der Waals surface area contributed by atoms with E-state index < -0.39 is 4.92 Å². The molecule has 0 spiro atoms. The standard InChI is InChI=1S/C6H7N2O2/c1-7-4-2-3-6(5-7)8(9)10/h2-5H,1H3/q+1. The quantitative estimate of drug-likeness (QED) is 0.321. The van der Waals surface area contributed by atoms with Crippen molar-refractivity contribution in [1.29, 1.82) is 0 Å². The first-order valence-electron chi connectivity index (χ1n) is 2.80. The average molecular weight is 139 g/mol. The van der Waals surface area contributed by atoms with Gasteiger partial charge in [0.15, 0.2) is 6.20 Å². The number of rotatable bonds is 1. The molecule has 0 fully saturated rings. The van der Waals surface area contributed by atoms with Crippen molar-refractivity contribution in [1.82, 2.24) is 0 Å². The van der Waals surface area contributed by atoms with E-state index in [2.05, 4.69) is 0 Å². The molecule has 0 amide bonds. The van der Waals surface area contributed by atoms with Gasteiger partial charge in [-0.2, -0.15) is 0 Å². The first-order chi connectivity index (χ1) is 4.70. The zero-order valence-electron chi connectivity index (χ0n) is 5.52. The van der Waals surface area contributed by atoms with E-state index in [1.54, 1.807) is 23.9 Å². The normalized spacial score (nSPS) is 9.30. The van der Waals surface area contributed by atoms with Crippen LogP contribution in [0.3, 0.4) is 0 Å². The lowest BCUT2D eigenvalue weighted by Crippen LogP contribution is -2.26. The van der Waals surface area contributed by atoms with E-state index in [0.29, 0.717) is 0 Å². The molecule has 0 N–H and O–H groups in total. The van der Waals surface area contributed by atoms with Gasteiger partial charge in [0.2, 0.25) is 6.20 Å². The maximum absolute atomic E-state index is 10.1. The molecule has 0 aromatic carbocycles. The highest BCUT2D eigenvalue weighted by atomic mass is 16.6. The molecule has 1 heterocycles. The van der Waals surface area contributed by atoms with Gasteiger partial charge in [-0.25, -0.2) is 4.57 Å². The van der Waals surface area contributed by atoms with Gasteiger partial charge in [-0.3, -0.25) is 10.1 Å². The minimum Gasteiger partial charge on any atom is -0.258 e. The van der Waals surface area contributed by atoms with Crippen LogP contribution in [0.15, 0.2) is 24.5 Å². The molecule has 10 heavy (non-hydrogen) atoms. The van der Waals surface area contributed by atoms with Gasteiger partial charge in [0, 0.05) is 12.1 Å². The van der Waals surface area contributed by atoms with E-state index in [0.717, 1.165) is 0 Å². The van der Waals surface area contributed by atoms with Crippen molar-refractivity contribution in [3.63, 3.8) is 0 Å². The van der Waals surface area contributed by atoms with Crippen molar-refractivity contribution in [2.45, 2.75) is 0 Å². The van der Waals surface area contributed by atoms with Crippen molar-refractivity contribution < 1.29 is 9.49 Å². The fraction of sp³-hybridized carbons (Fsp3) is 0.167. The molecule has 0 saturated heterocycles. The van der Waals surface area contributed by atoms with Gasteiger partial charge in [-0.1, -0.05) is 0 Å². The lowest BCUT2D eigenvalue weighted by Gasteiger charge is -1.86. The third kappa shape index (κ3) is 1.28. The van der Waals surface area contributed by atoms with Gasteiger partial charge in [-0.15, -0.1) is 0 Å². The molecule has 0 atom stereocenters. The minimum atomic E-state index is -0.417. The first-order valence-corrected chi connectivity index (χ1v) is 2.80. The predicted molar refractivity (Wildman–Crippen MR) is 34.3 cm³/mol. The molecule has 1 aromatic heterocycles. The molecule has 4 nitrogen and oxygen atoms in total. The summed E-state index contributed by atoms with van der Waals surface area (Å²) in [5, 5.41) is 10.1. The summed E-state index contributed by atoms with van der Waals surface area (Å²) in [5.74, 6) is 0. The maximum atomic E-state index is 10.1. The zero-order chi connectivity index (χ0) is 7.56. The summed E-state index contributed by atoms with van der Waals surface area (Å²) >= 11 is 0. The van der Waals surface area contributed by atoms with Crippen LogP contribution in [0.1, 0.15) is 0 Å². The zero-order valence-corrected chi connectivity index (χ0v) is 5.52. The second kappa shape index (κ2) is 2.43. The van der Waals surface area contributed by atoms with Crippen LogP contribution in [0.5, 0.6) is 0 Å². The van der Waals surface area contributed by atoms with Crippen LogP contribution >= 0.6 is 0 Å². The second-order valence-corrected chi connectivity index (χ2v) is 1.98. The van der Waals surface area contributed by atoms with Crippen molar-refractivity contribution in [2.75, 3.05) is 0 Å². The molecule has 1 aromatic rings. The molecular weight excluding hydrogens is 132 g/mol. The Hall–Kier alpha value is -1.45. The monoisotopic (exact) mass is 139 g/mol. The van der Waals surface area contributed by atoms with E-state index in [4.69, 9.17) is 0 Å². The van der Waals surface area contributed by atoms with Gasteiger partial charge >= 0.3 is 5.69 Å². The highest BCUT2D eigenvalue weighted by Gasteiger charge is 2.07. The van der Waals surface area contributed by atoms with E-state index >= 15 is 0 Å². The molecule has 0 aliphatic rings. The van der Waals surface area contributed by atoms with Gasteiger partial charge in [-0.05, 0) is 0 Å². The van der Waals surface area contributed by atoms with Crippen LogP contribution in [-0.4, -0.2) is 4.92 Å². The Bertz CT molecular complexity index is 260. The highest BCUT2D eigenvalue weighted by Crippen LogP contribution is 2.03. The Balaban J connectivity index is 3.07. The molecule has 52 valence electrons. The summed E-state index contributed by atoms with van der Waals surface area (Å²) in [6.45, 7) is 0. The number of nitro groups is 1. The van der Waals surface area contributed by atoms with E-state index in [1.165, 1.54) is 12.3 Å². The van der Waals surface area contributed by atoms with E-state index in [9.17, 15) is 10.1 Å². The molecule has 1 rings (SSSR count). The van der Waals surface area contributed by atoms with Crippen LogP contribution in [0.4, 0.5) is 5.69 Å². The number of aromatic nitrogens is 1. The Kier molecular flexibility index (Phi) is 1.62. The molecule has 0 unspecified atom stereocenters. The summed E-state index contributed by atoms with van der Waals surface area (Å²) in [6.07, 6.45) is 3.20. The van der Waals surface area contributed by atoms with Crippen LogP contribution in [0.2, 0.25) is 0 Å². The van der Waals surface area contributed by atoms with Crippen LogP contribution in [0.25, 0.3) is 0 Å². The van der Waals surface area contributed by atoms with Crippen molar-refractivity contribution in [3.8, 4) is 0 Å². The first kappa shape index (κ1) is 6.67. The molecule has 4 heteroatoms. The fourth-order valence-corrected chi connectivity index (χ4v) is 0.680. The van der Waals surface area contributed by atoms with E-state index in [1.807, 2.05) is 0 Å². The number of aryl methyl sites for hydroxylation is 1. The lowest BCUT2D eigenvalue weighted by atomic mass is 10.4. The minimum absolute atomic E-state index is 0.116. The number of nitrogens with zero attached hydrogens (tertiary/aromatic N) is 2. The topological polar surface area (TPSA) is 47.0 Å². The molecule has 0 bridgehead atoms. The fourth-order valence-electron chi connectivity index (χ4n) is 0.680. The van der Waals surface area contributed by atoms with Crippen molar-refractivity contribution >= 4 is 5.69 Å². The van der Waals surface area contributed by atoms with Gasteiger partial charge in [0.05, 0.1) is 4.92 Å². The maximum Gasteiger partial charge on any atom is 0.332 e. The third-order valence-electron chi connectivity index (χ3n) is 1.13. The van der Waals surface area contributed by atoms with Gasteiger partial charge in [0.1, 0.15) is 7.05 Å². The largest absolute Gasteiger partial charge is 0.332 e. The number of pyridine rings is 1. The number of hydrogen-bond donors (Lipinski definition) is 0. The Labute approximate surface area is 57.9 Å². The van der Waals surface area contributed by atoms with Crippen molar-refractivity contribution in [2.24, 2.45) is 7.05 Å². The molecule has 0 aliphatic carbocycles. The Morgan fingerprint density at radius 2 is 2.40 bits per heavy atom. The van der Waals surface area contributed by atoms with E-state index in [-0.39, 0.29) is 5.69 Å². The Morgan fingerprint density at radius 3 is 2.80 bits per heavy atom. The molecular formula is C6H7N2O2+. The summed E-state index contributed by atoms with van der Waals surface area (Å²) in [6, 6.07) is 3.10. The molecule has 0 radical (unpaired) electrons. The second-order valence-electron chi connectivity index (χ2n) is 1.98. The summed E-state index contributed by atoms with van der Waals surface area (Å²) in [4.78, 5) is 9.73. The average Bonchev–Trinajstić information content (AvgIpc) is 1.88. The molecule has 0 aliphatic heterocycles. The predicted octanol–water partition coefficient (Wildman–Crippen LogP) is 0.419. The Morgan fingerprint density at radius 1 is 1.70 bits per heavy atom. The SMILES string of the molecule is C[n+]1cccc([N+](=O)[O-])c1. The van der Waals surface area contributed by atoms with Gasteiger partial charge in [0.25, 0.3) is 0 Å². The van der Waals surface area contributed by atoms with Gasteiger partial charge < -0.3 is 0 Å². The third-order valence-corrected chi connectivity index (χ3v) is 1.13. The van der Waals surface area contributed by atoms with Crippen LogP contribution < -0.4 is 4.57 Å². The summed E-state index contributed by atoms with van der Waals surface area (Å²) < 4.78 is 1.64. The van der Waals surface area contributed by atoms with Crippen LogP contribution in [-0.2, 0) is 7.05 Å². The summed E-state index contributed by atoms with van der Waals surface area (Å²) in [5.41, 5.74) is 0.116. The molecule has 0 saturated carbocycles. The number of hydrogen-bond acceptors (Lipinski definition) is 2. The lowest BCUT2D eigenvalue weighted by molar-refractivity contribution is -0.674. The highest BCUT2D eigenvalue weighted by molar-refractivity contribution is 5.20.